The van der Waals surface area contributed by atoms with E-state index in [4.69, 9.17) is 9.97 Å². The molecular formula is C65H67N3. The van der Waals surface area contributed by atoms with E-state index in [0.717, 1.165) is 63.2 Å². The molecule has 68 heavy (non-hydrogen) atoms. The standard InChI is InChI=1S/C65H67N3/c1-5-7-9-11-13-16-23-55-44-62(57(39-48(55)4)24-17-14-12-10-8-6-2)61-42-59(51-33-29-49(46-66)30-34-51)41-60(43-61)52-35-37-53(38-36-52)63-45-64(68-65(67-63)54-21-18-15-19-22-54)58-26-20-25-56(40-58)50-31-27-47(3)28-32-50/h15,18-22,25-45H,5-14,16-17,23-24H2,1-4H3. The second kappa shape index (κ2) is 23.7. The molecular weight excluding hydrogens is 823 g/mol. The first-order valence-corrected chi connectivity index (χ1v) is 25.4. The van der Waals surface area contributed by atoms with Crippen molar-refractivity contribution in [3.8, 4) is 84.5 Å². The van der Waals surface area contributed by atoms with Crippen LogP contribution in [0.25, 0.3) is 78.4 Å². The van der Waals surface area contributed by atoms with E-state index in [-0.39, 0.29) is 0 Å². The molecule has 8 aromatic rings. The van der Waals surface area contributed by atoms with Gasteiger partial charge in [0.1, 0.15) is 0 Å². The normalized spacial score (nSPS) is 11.2. The fourth-order valence-corrected chi connectivity index (χ4v) is 9.50. The Morgan fingerprint density at radius 2 is 0.868 bits per heavy atom. The van der Waals surface area contributed by atoms with E-state index >= 15 is 0 Å². The number of aromatic nitrogens is 2. The third kappa shape index (κ3) is 12.4. The summed E-state index contributed by atoms with van der Waals surface area (Å²) in [6.07, 6.45) is 17.6. The summed E-state index contributed by atoms with van der Waals surface area (Å²) < 4.78 is 0. The van der Waals surface area contributed by atoms with Gasteiger partial charge in [-0.1, -0.05) is 205 Å². The fourth-order valence-electron chi connectivity index (χ4n) is 9.50. The van der Waals surface area contributed by atoms with Gasteiger partial charge in [-0.25, -0.2) is 9.97 Å². The molecule has 7 aromatic carbocycles. The Bertz CT molecular complexity index is 2920. The highest BCUT2D eigenvalue weighted by Gasteiger charge is 2.16. The van der Waals surface area contributed by atoms with Crippen LogP contribution in [0.15, 0.2) is 164 Å². The van der Waals surface area contributed by atoms with Crippen molar-refractivity contribution in [1.82, 2.24) is 9.97 Å². The Morgan fingerprint density at radius 3 is 1.50 bits per heavy atom. The van der Waals surface area contributed by atoms with Gasteiger partial charge in [-0.2, -0.15) is 5.26 Å². The molecule has 0 bridgehead atoms. The molecule has 342 valence electrons. The highest BCUT2D eigenvalue weighted by atomic mass is 14.9. The summed E-state index contributed by atoms with van der Waals surface area (Å²) in [4.78, 5) is 10.3. The van der Waals surface area contributed by atoms with Crippen molar-refractivity contribution in [1.29, 1.82) is 5.26 Å². The molecule has 1 heterocycles. The lowest BCUT2D eigenvalue weighted by atomic mass is 9.87. The van der Waals surface area contributed by atoms with Crippen LogP contribution in [0.1, 0.15) is 119 Å². The monoisotopic (exact) mass is 890 g/mol. The molecule has 0 aliphatic carbocycles. The Kier molecular flexibility index (Phi) is 16.6. The molecule has 0 N–H and O–H groups in total. The Labute approximate surface area is 407 Å². The Morgan fingerprint density at radius 1 is 0.382 bits per heavy atom. The molecule has 0 spiro atoms. The van der Waals surface area contributed by atoms with Gasteiger partial charge in [0.25, 0.3) is 0 Å². The van der Waals surface area contributed by atoms with E-state index in [1.54, 1.807) is 0 Å². The van der Waals surface area contributed by atoms with Crippen LogP contribution in [0.5, 0.6) is 0 Å². The van der Waals surface area contributed by atoms with Crippen LogP contribution < -0.4 is 0 Å². The maximum Gasteiger partial charge on any atom is 0.160 e. The first kappa shape index (κ1) is 47.6. The molecule has 0 fully saturated rings. The van der Waals surface area contributed by atoms with Crippen molar-refractivity contribution in [2.75, 3.05) is 0 Å². The largest absolute Gasteiger partial charge is 0.228 e. The zero-order chi connectivity index (χ0) is 47.1. The smallest absolute Gasteiger partial charge is 0.160 e. The number of hydrogen-bond acceptors (Lipinski definition) is 3. The van der Waals surface area contributed by atoms with E-state index in [1.165, 1.54) is 122 Å². The number of aryl methyl sites for hydroxylation is 4. The first-order chi connectivity index (χ1) is 33.4. The number of unbranched alkanes of at least 4 members (excludes halogenated alkanes) is 10. The molecule has 0 saturated heterocycles. The average Bonchev–Trinajstić information content (AvgIpc) is 3.39. The molecule has 1 aromatic heterocycles. The summed E-state index contributed by atoms with van der Waals surface area (Å²) in [6, 6.07) is 61.2. The van der Waals surface area contributed by atoms with Crippen molar-refractivity contribution >= 4 is 0 Å². The second-order valence-electron chi connectivity index (χ2n) is 18.8. The minimum absolute atomic E-state index is 0.669. The minimum Gasteiger partial charge on any atom is -0.228 e. The quantitative estimate of drug-likeness (QED) is 0.0676. The summed E-state index contributed by atoms with van der Waals surface area (Å²) in [5.41, 5.74) is 20.6. The van der Waals surface area contributed by atoms with Gasteiger partial charge in [-0.05, 0) is 143 Å². The maximum atomic E-state index is 9.66. The van der Waals surface area contributed by atoms with Gasteiger partial charge in [-0.3, -0.25) is 0 Å². The summed E-state index contributed by atoms with van der Waals surface area (Å²) >= 11 is 0. The topological polar surface area (TPSA) is 49.6 Å². The predicted octanol–water partition coefficient (Wildman–Crippen LogP) is 18.4. The van der Waals surface area contributed by atoms with Crippen molar-refractivity contribution in [3.05, 3.63) is 192 Å². The zero-order valence-corrected chi connectivity index (χ0v) is 40.8. The third-order valence-corrected chi connectivity index (χ3v) is 13.6. The number of nitriles is 1. The van der Waals surface area contributed by atoms with Crippen LogP contribution in [-0.2, 0) is 12.8 Å². The maximum absolute atomic E-state index is 9.66. The summed E-state index contributed by atoms with van der Waals surface area (Å²) in [7, 11) is 0. The fraction of sp³-hybridized carbons (Fsp3) is 0.277. The van der Waals surface area contributed by atoms with E-state index in [2.05, 4.69) is 167 Å². The lowest BCUT2D eigenvalue weighted by Gasteiger charge is -2.18. The second-order valence-corrected chi connectivity index (χ2v) is 18.8. The Balaban J connectivity index is 1.18. The predicted molar refractivity (Wildman–Crippen MR) is 288 cm³/mol. The van der Waals surface area contributed by atoms with E-state index in [0.29, 0.717) is 11.4 Å². The van der Waals surface area contributed by atoms with Crippen LogP contribution in [0.4, 0.5) is 0 Å². The van der Waals surface area contributed by atoms with Crippen molar-refractivity contribution in [2.24, 2.45) is 0 Å². The van der Waals surface area contributed by atoms with Crippen molar-refractivity contribution in [2.45, 2.75) is 118 Å². The third-order valence-electron chi connectivity index (χ3n) is 13.6. The zero-order valence-electron chi connectivity index (χ0n) is 40.8. The molecule has 3 nitrogen and oxygen atoms in total. The van der Waals surface area contributed by atoms with Crippen LogP contribution in [0.2, 0.25) is 0 Å². The van der Waals surface area contributed by atoms with Crippen molar-refractivity contribution < 1.29 is 0 Å². The average molecular weight is 890 g/mol. The molecule has 0 unspecified atom stereocenters. The molecule has 0 atom stereocenters. The van der Waals surface area contributed by atoms with Gasteiger partial charge in [-0.15, -0.1) is 0 Å². The number of hydrogen-bond donors (Lipinski definition) is 0. The molecule has 8 rings (SSSR count). The highest BCUT2D eigenvalue weighted by Crippen LogP contribution is 2.38. The van der Waals surface area contributed by atoms with Crippen LogP contribution in [0.3, 0.4) is 0 Å². The molecule has 0 aliphatic heterocycles. The highest BCUT2D eigenvalue weighted by molar-refractivity contribution is 5.84. The SMILES string of the molecule is CCCCCCCCc1cc(-c2cc(-c3ccc(C#N)cc3)cc(-c3ccc(-c4cc(-c5cccc(-c6ccc(C)cc6)c5)nc(-c5ccccc5)n4)cc3)c2)c(CCCCCCCC)cc1C. The summed E-state index contributed by atoms with van der Waals surface area (Å²) in [6.45, 7) is 9.03. The van der Waals surface area contributed by atoms with Crippen LogP contribution in [-0.4, -0.2) is 9.97 Å². The summed E-state index contributed by atoms with van der Waals surface area (Å²) in [5.74, 6) is 0.702. The van der Waals surface area contributed by atoms with E-state index in [1.807, 2.05) is 30.3 Å². The molecule has 0 amide bonds. The van der Waals surface area contributed by atoms with Crippen LogP contribution >= 0.6 is 0 Å². The van der Waals surface area contributed by atoms with E-state index in [9.17, 15) is 5.26 Å². The first-order valence-electron chi connectivity index (χ1n) is 25.4. The molecule has 0 aliphatic rings. The van der Waals surface area contributed by atoms with Gasteiger partial charge in [0.05, 0.1) is 23.0 Å². The number of nitrogens with zero attached hydrogens (tertiary/aromatic N) is 3. The Hall–Kier alpha value is -6.89. The summed E-state index contributed by atoms with van der Waals surface area (Å²) in [5, 5.41) is 9.66. The number of benzene rings is 7. The van der Waals surface area contributed by atoms with E-state index < -0.39 is 0 Å². The van der Waals surface area contributed by atoms with Gasteiger partial charge in [0.2, 0.25) is 0 Å². The van der Waals surface area contributed by atoms with Gasteiger partial charge in [0, 0.05) is 16.7 Å². The van der Waals surface area contributed by atoms with Gasteiger partial charge in [0.15, 0.2) is 5.82 Å². The minimum atomic E-state index is 0.669. The molecule has 0 saturated carbocycles. The van der Waals surface area contributed by atoms with Gasteiger partial charge < -0.3 is 0 Å². The molecule has 0 radical (unpaired) electrons. The van der Waals surface area contributed by atoms with Crippen molar-refractivity contribution in [3.63, 3.8) is 0 Å². The van der Waals surface area contributed by atoms with Crippen LogP contribution in [0, 0.1) is 25.2 Å². The molecule has 3 heteroatoms. The van der Waals surface area contributed by atoms with Gasteiger partial charge >= 0.3 is 0 Å². The number of rotatable bonds is 21. The lowest BCUT2D eigenvalue weighted by molar-refractivity contribution is 0.605. The lowest BCUT2D eigenvalue weighted by Crippen LogP contribution is -1.99.